The normalized spacial score (nSPS) is 10.4. The Morgan fingerprint density at radius 3 is 2.64 bits per heavy atom. The molecular formula is C18H18N4. The molecule has 0 saturated carbocycles. The number of fused-ring (bicyclic) bond motifs is 1. The molecule has 22 heavy (non-hydrogen) atoms. The summed E-state index contributed by atoms with van der Waals surface area (Å²) in [5, 5.41) is 7.56. The number of nitrogens with zero attached hydrogens (tertiary/aromatic N) is 2. The van der Waals surface area contributed by atoms with Gasteiger partial charge in [0.15, 0.2) is 0 Å². The second-order valence-corrected chi connectivity index (χ2v) is 5.02. The summed E-state index contributed by atoms with van der Waals surface area (Å²) < 4.78 is 0. The average molecular weight is 290 g/mol. The second kappa shape index (κ2) is 6.26. The summed E-state index contributed by atoms with van der Waals surface area (Å²) in [4.78, 5) is 9.19. The van der Waals surface area contributed by atoms with Crippen LogP contribution in [0.25, 0.3) is 10.9 Å². The van der Waals surface area contributed by atoms with Gasteiger partial charge in [0, 0.05) is 17.6 Å². The standard InChI is InChI=1S/C18H18N4/c1-3-12-19-17-14-9-5-7-11-16(14)21-18(22-17)20-15-10-6-4-8-13(15)2/h3-11H,1,12H2,2H3,(H2,19,20,21,22). The summed E-state index contributed by atoms with van der Waals surface area (Å²) in [6.07, 6.45) is 1.81. The molecule has 2 aromatic carbocycles. The van der Waals surface area contributed by atoms with Gasteiger partial charge in [-0.1, -0.05) is 36.4 Å². The van der Waals surface area contributed by atoms with E-state index in [9.17, 15) is 0 Å². The van der Waals surface area contributed by atoms with E-state index in [1.807, 2.05) is 48.5 Å². The Morgan fingerprint density at radius 2 is 1.82 bits per heavy atom. The molecule has 0 spiro atoms. The molecule has 0 fully saturated rings. The highest BCUT2D eigenvalue weighted by molar-refractivity contribution is 5.90. The van der Waals surface area contributed by atoms with Gasteiger partial charge in [-0.3, -0.25) is 0 Å². The monoisotopic (exact) mass is 290 g/mol. The molecule has 3 aromatic rings. The van der Waals surface area contributed by atoms with Gasteiger partial charge in [0.25, 0.3) is 0 Å². The molecular weight excluding hydrogens is 272 g/mol. The van der Waals surface area contributed by atoms with Crippen LogP contribution in [0.5, 0.6) is 0 Å². The fourth-order valence-electron chi connectivity index (χ4n) is 2.27. The van der Waals surface area contributed by atoms with Crippen molar-refractivity contribution in [2.75, 3.05) is 17.2 Å². The number of anilines is 3. The van der Waals surface area contributed by atoms with Crippen molar-refractivity contribution in [1.82, 2.24) is 9.97 Å². The van der Waals surface area contributed by atoms with Crippen LogP contribution in [0, 0.1) is 6.92 Å². The van der Waals surface area contributed by atoms with E-state index in [0.717, 1.165) is 28.0 Å². The minimum absolute atomic E-state index is 0.583. The van der Waals surface area contributed by atoms with Crippen LogP contribution < -0.4 is 10.6 Å². The van der Waals surface area contributed by atoms with Gasteiger partial charge in [0.2, 0.25) is 5.95 Å². The van der Waals surface area contributed by atoms with Gasteiger partial charge in [0.05, 0.1) is 5.52 Å². The lowest BCUT2D eigenvalue weighted by Crippen LogP contribution is -2.05. The van der Waals surface area contributed by atoms with E-state index in [2.05, 4.69) is 40.2 Å². The lowest BCUT2D eigenvalue weighted by Gasteiger charge is -2.12. The molecule has 0 amide bonds. The largest absolute Gasteiger partial charge is 0.366 e. The third-order valence-electron chi connectivity index (χ3n) is 3.41. The third-order valence-corrected chi connectivity index (χ3v) is 3.41. The van der Waals surface area contributed by atoms with Crippen molar-refractivity contribution in [1.29, 1.82) is 0 Å². The van der Waals surface area contributed by atoms with Crippen LogP contribution in [0.3, 0.4) is 0 Å². The highest BCUT2D eigenvalue weighted by Crippen LogP contribution is 2.24. The SMILES string of the molecule is C=CCNc1nc(Nc2ccccc2C)nc2ccccc12. The van der Waals surface area contributed by atoms with E-state index in [1.54, 1.807) is 0 Å². The van der Waals surface area contributed by atoms with Crippen molar-refractivity contribution >= 4 is 28.4 Å². The zero-order chi connectivity index (χ0) is 15.4. The van der Waals surface area contributed by atoms with Crippen molar-refractivity contribution in [3.05, 3.63) is 66.7 Å². The number of hydrogen-bond donors (Lipinski definition) is 2. The van der Waals surface area contributed by atoms with E-state index in [0.29, 0.717) is 12.5 Å². The first-order valence-electron chi connectivity index (χ1n) is 7.22. The first-order valence-corrected chi connectivity index (χ1v) is 7.22. The molecule has 1 heterocycles. The number of aromatic nitrogens is 2. The minimum atomic E-state index is 0.583. The van der Waals surface area contributed by atoms with Crippen LogP contribution in [-0.2, 0) is 0 Å². The van der Waals surface area contributed by atoms with Crippen molar-refractivity contribution in [3.63, 3.8) is 0 Å². The van der Waals surface area contributed by atoms with Crippen LogP contribution in [-0.4, -0.2) is 16.5 Å². The van der Waals surface area contributed by atoms with E-state index >= 15 is 0 Å². The molecule has 0 saturated heterocycles. The van der Waals surface area contributed by atoms with Gasteiger partial charge in [-0.15, -0.1) is 6.58 Å². The van der Waals surface area contributed by atoms with Crippen LogP contribution in [0.4, 0.5) is 17.5 Å². The fourth-order valence-corrected chi connectivity index (χ4v) is 2.27. The van der Waals surface area contributed by atoms with E-state index in [-0.39, 0.29) is 0 Å². The lowest BCUT2D eigenvalue weighted by atomic mass is 10.2. The number of benzene rings is 2. The molecule has 0 unspecified atom stereocenters. The topological polar surface area (TPSA) is 49.8 Å². The van der Waals surface area contributed by atoms with Gasteiger partial charge in [-0.25, -0.2) is 4.98 Å². The predicted octanol–water partition coefficient (Wildman–Crippen LogP) is 4.28. The summed E-state index contributed by atoms with van der Waals surface area (Å²) in [5.74, 6) is 1.39. The summed E-state index contributed by atoms with van der Waals surface area (Å²) in [7, 11) is 0. The van der Waals surface area contributed by atoms with Gasteiger partial charge >= 0.3 is 0 Å². The number of aryl methyl sites for hydroxylation is 1. The van der Waals surface area contributed by atoms with Gasteiger partial charge < -0.3 is 10.6 Å². The van der Waals surface area contributed by atoms with Crippen molar-refractivity contribution in [2.24, 2.45) is 0 Å². The molecule has 0 aliphatic carbocycles. The molecule has 1 aromatic heterocycles. The Hall–Kier alpha value is -2.88. The predicted molar refractivity (Wildman–Crippen MR) is 92.7 cm³/mol. The Balaban J connectivity index is 2.02. The first kappa shape index (κ1) is 14.1. The molecule has 0 radical (unpaired) electrons. The Morgan fingerprint density at radius 1 is 1.05 bits per heavy atom. The lowest BCUT2D eigenvalue weighted by molar-refractivity contribution is 1.18. The number of hydrogen-bond acceptors (Lipinski definition) is 4. The highest BCUT2D eigenvalue weighted by Gasteiger charge is 2.07. The molecule has 0 atom stereocenters. The van der Waals surface area contributed by atoms with E-state index in [1.165, 1.54) is 0 Å². The van der Waals surface area contributed by atoms with Crippen LogP contribution in [0.2, 0.25) is 0 Å². The maximum absolute atomic E-state index is 4.59. The highest BCUT2D eigenvalue weighted by atomic mass is 15.1. The third kappa shape index (κ3) is 2.91. The smallest absolute Gasteiger partial charge is 0.229 e. The van der Waals surface area contributed by atoms with Gasteiger partial charge in [-0.2, -0.15) is 4.98 Å². The van der Waals surface area contributed by atoms with Gasteiger partial charge in [-0.05, 0) is 30.7 Å². The Bertz CT molecular complexity index is 811. The summed E-state index contributed by atoms with van der Waals surface area (Å²) >= 11 is 0. The Labute approximate surface area is 129 Å². The average Bonchev–Trinajstić information content (AvgIpc) is 2.55. The van der Waals surface area contributed by atoms with Gasteiger partial charge in [0.1, 0.15) is 5.82 Å². The van der Waals surface area contributed by atoms with Crippen molar-refractivity contribution in [3.8, 4) is 0 Å². The number of rotatable bonds is 5. The van der Waals surface area contributed by atoms with Crippen LogP contribution in [0.15, 0.2) is 61.2 Å². The molecule has 0 aliphatic heterocycles. The number of para-hydroxylation sites is 2. The zero-order valence-corrected chi connectivity index (χ0v) is 12.5. The van der Waals surface area contributed by atoms with Crippen LogP contribution in [0.1, 0.15) is 5.56 Å². The molecule has 3 rings (SSSR count). The van der Waals surface area contributed by atoms with E-state index in [4.69, 9.17) is 0 Å². The molecule has 4 nitrogen and oxygen atoms in total. The molecule has 0 bridgehead atoms. The number of nitrogens with one attached hydrogen (secondary N) is 2. The maximum atomic E-state index is 4.59. The van der Waals surface area contributed by atoms with E-state index < -0.39 is 0 Å². The fraction of sp³-hybridized carbons (Fsp3) is 0.111. The van der Waals surface area contributed by atoms with Crippen LogP contribution >= 0.6 is 0 Å². The first-order chi connectivity index (χ1) is 10.8. The molecule has 2 N–H and O–H groups in total. The van der Waals surface area contributed by atoms with Crippen molar-refractivity contribution in [2.45, 2.75) is 6.92 Å². The molecule has 4 heteroatoms. The summed E-state index contributed by atoms with van der Waals surface area (Å²) in [6.45, 7) is 6.45. The zero-order valence-electron chi connectivity index (χ0n) is 12.5. The minimum Gasteiger partial charge on any atom is -0.366 e. The molecule has 0 aliphatic rings. The second-order valence-electron chi connectivity index (χ2n) is 5.02. The summed E-state index contributed by atoms with van der Waals surface area (Å²) in [6, 6.07) is 16.0. The molecule has 110 valence electrons. The Kier molecular flexibility index (Phi) is 4.01. The van der Waals surface area contributed by atoms with Crippen molar-refractivity contribution < 1.29 is 0 Å². The maximum Gasteiger partial charge on any atom is 0.229 e. The summed E-state index contributed by atoms with van der Waals surface area (Å²) in [5.41, 5.74) is 3.06. The quantitative estimate of drug-likeness (QED) is 0.689.